The maximum atomic E-state index is 4.48. The summed E-state index contributed by atoms with van der Waals surface area (Å²) >= 11 is 0. The van der Waals surface area contributed by atoms with Gasteiger partial charge >= 0.3 is 0 Å². The third kappa shape index (κ3) is 5.08. The molecule has 6 nitrogen and oxygen atoms in total. The quantitative estimate of drug-likeness (QED) is 0.437. The zero-order valence-electron chi connectivity index (χ0n) is 18.6. The zero-order valence-corrected chi connectivity index (χ0v) is 18.6. The predicted octanol–water partition coefficient (Wildman–Crippen LogP) is 4.08. The first-order chi connectivity index (χ1) is 16.4. The standard InChI is InChI=1S/C27H28N6/c1-4-11-23(12-5-1)13-10-18-31-19-21-32(22-20-31)26(24-14-6-2-7-15-24)27-28-29-30-33(27)25-16-8-3-9-17-25/h1-17,26H,18-22H2/t26-/m1/s1. The molecule has 1 saturated heterocycles. The average Bonchev–Trinajstić information content (AvgIpc) is 3.36. The van der Waals surface area contributed by atoms with Crippen molar-refractivity contribution < 1.29 is 0 Å². The highest BCUT2D eigenvalue weighted by molar-refractivity contribution is 5.48. The third-order valence-corrected chi connectivity index (χ3v) is 6.10. The van der Waals surface area contributed by atoms with Crippen LogP contribution < -0.4 is 0 Å². The van der Waals surface area contributed by atoms with Crippen LogP contribution in [0.25, 0.3) is 11.8 Å². The molecule has 1 fully saturated rings. The smallest absolute Gasteiger partial charge is 0.178 e. The molecular formula is C27H28N6. The van der Waals surface area contributed by atoms with E-state index in [1.807, 2.05) is 41.1 Å². The SMILES string of the molecule is C(=Cc1ccccc1)CN1CCN([C@H](c2ccccc2)c2nnnn2-c2ccccc2)CC1. The number of aromatic nitrogens is 4. The molecule has 0 saturated carbocycles. The highest BCUT2D eigenvalue weighted by Crippen LogP contribution is 2.29. The molecule has 0 aliphatic carbocycles. The number of hydrogen-bond donors (Lipinski definition) is 0. The van der Waals surface area contributed by atoms with Crippen LogP contribution in [0.2, 0.25) is 0 Å². The molecule has 0 spiro atoms. The summed E-state index contributed by atoms with van der Waals surface area (Å²) in [6, 6.07) is 31.2. The van der Waals surface area contributed by atoms with E-state index in [1.54, 1.807) is 0 Å². The first-order valence-electron chi connectivity index (χ1n) is 11.4. The summed E-state index contributed by atoms with van der Waals surface area (Å²) in [6.45, 7) is 4.89. The Labute approximate surface area is 194 Å². The molecule has 33 heavy (non-hydrogen) atoms. The van der Waals surface area contributed by atoms with E-state index in [0.717, 1.165) is 44.2 Å². The van der Waals surface area contributed by atoms with Crippen LogP contribution in [0.5, 0.6) is 0 Å². The second-order valence-electron chi connectivity index (χ2n) is 8.25. The Morgan fingerprint density at radius 1 is 0.758 bits per heavy atom. The minimum atomic E-state index is 0.00316. The average molecular weight is 437 g/mol. The summed E-state index contributed by atoms with van der Waals surface area (Å²) in [4.78, 5) is 5.00. The van der Waals surface area contributed by atoms with E-state index >= 15 is 0 Å². The number of rotatable bonds is 7. The van der Waals surface area contributed by atoms with Crippen LogP contribution >= 0.6 is 0 Å². The first-order valence-corrected chi connectivity index (χ1v) is 11.4. The lowest BCUT2D eigenvalue weighted by Gasteiger charge is -2.38. The fraction of sp³-hybridized carbons (Fsp3) is 0.222. The molecule has 2 heterocycles. The Morgan fingerprint density at radius 2 is 1.39 bits per heavy atom. The van der Waals surface area contributed by atoms with Gasteiger partial charge < -0.3 is 0 Å². The Morgan fingerprint density at radius 3 is 2.09 bits per heavy atom. The van der Waals surface area contributed by atoms with E-state index < -0.39 is 0 Å². The van der Waals surface area contributed by atoms with Crippen LogP contribution in [0.1, 0.15) is 23.0 Å². The molecule has 6 heteroatoms. The summed E-state index contributed by atoms with van der Waals surface area (Å²) in [7, 11) is 0. The van der Waals surface area contributed by atoms with Gasteiger partial charge in [0.05, 0.1) is 11.7 Å². The van der Waals surface area contributed by atoms with Gasteiger partial charge in [-0.15, -0.1) is 5.10 Å². The molecular weight excluding hydrogens is 408 g/mol. The van der Waals surface area contributed by atoms with Gasteiger partial charge in [-0.1, -0.05) is 91.0 Å². The van der Waals surface area contributed by atoms with Gasteiger partial charge in [0.1, 0.15) is 0 Å². The van der Waals surface area contributed by atoms with E-state index in [4.69, 9.17) is 0 Å². The highest BCUT2D eigenvalue weighted by atomic mass is 15.6. The van der Waals surface area contributed by atoms with Crippen molar-refractivity contribution in [3.63, 3.8) is 0 Å². The molecule has 0 bridgehead atoms. The zero-order chi connectivity index (χ0) is 22.3. The van der Waals surface area contributed by atoms with Crippen LogP contribution in [-0.4, -0.2) is 62.7 Å². The molecule has 1 aliphatic heterocycles. The molecule has 3 aromatic carbocycles. The number of piperazine rings is 1. The van der Waals surface area contributed by atoms with Crippen molar-refractivity contribution in [3.8, 4) is 5.69 Å². The van der Waals surface area contributed by atoms with E-state index in [0.29, 0.717) is 0 Å². The normalized spacial score (nSPS) is 16.2. The van der Waals surface area contributed by atoms with Crippen molar-refractivity contribution in [2.24, 2.45) is 0 Å². The Bertz CT molecular complexity index is 1150. The summed E-state index contributed by atoms with van der Waals surface area (Å²) < 4.78 is 1.87. The second kappa shape index (κ2) is 10.3. The van der Waals surface area contributed by atoms with Crippen molar-refractivity contribution >= 4 is 6.08 Å². The molecule has 1 atom stereocenters. The van der Waals surface area contributed by atoms with Crippen LogP contribution in [0.4, 0.5) is 0 Å². The third-order valence-electron chi connectivity index (χ3n) is 6.10. The number of para-hydroxylation sites is 1. The van der Waals surface area contributed by atoms with Crippen molar-refractivity contribution in [2.45, 2.75) is 6.04 Å². The molecule has 0 unspecified atom stereocenters. The van der Waals surface area contributed by atoms with Gasteiger partial charge in [-0.2, -0.15) is 4.68 Å². The first kappa shape index (κ1) is 21.2. The molecule has 1 aromatic heterocycles. The molecule has 0 amide bonds. The number of nitrogens with zero attached hydrogens (tertiary/aromatic N) is 6. The molecule has 5 rings (SSSR count). The molecule has 1 aliphatic rings. The van der Waals surface area contributed by atoms with Gasteiger partial charge in [-0.25, -0.2) is 0 Å². The van der Waals surface area contributed by atoms with Gasteiger partial charge in [0.25, 0.3) is 0 Å². The fourth-order valence-electron chi connectivity index (χ4n) is 4.38. The molecule has 0 N–H and O–H groups in total. The van der Waals surface area contributed by atoms with Crippen molar-refractivity contribution in [1.29, 1.82) is 0 Å². The fourth-order valence-corrected chi connectivity index (χ4v) is 4.38. The molecule has 166 valence electrons. The second-order valence-corrected chi connectivity index (χ2v) is 8.25. The lowest BCUT2D eigenvalue weighted by molar-refractivity contribution is 0.113. The monoisotopic (exact) mass is 436 g/mol. The maximum Gasteiger partial charge on any atom is 0.178 e. The largest absolute Gasteiger partial charge is 0.297 e. The number of hydrogen-bond acceptors (Lipinski definition) is 5. The summed E-state index contributed by atoms with van der Waals surface area (Å²) in [5, 5.41) is 12.8. The maximum absolute atomic E-state index is 4.48. The Hall–Kier alpha value is -3.61. The van der Waals surface area contributed by atoms with Gasteiger partial charge in [-0.3, -0.25) is 9.80 Å². The number of tetrazole rings is 1. The predicted molar refractivity (Wildman–Crippen MR) is 131 cm³/mol. The summed E-state index contributed by atoms with van der Waals surface area (Å²) in [6.07, 6.45) is 4.46. The summed E-state index contributed by atoms with van der Waals surface area (Å²) in [5.74, 6) is 0.852. The minimum Gasteiger partial charge on any atom is -0.297 e. The number of benzene rings is 3. The van der Waals surface area contributed by atoms with Gasteiger partial charge in [0.15, 0.2) is 5.82 Å². The van der Waals surface area contributed by atoms with Crippen LogP contribution in [0.3, 0.4) is 0 Å². The Kier molecular flexibility index (Phi) is 6.66. The van der Waals surface area contributed by atoms with E-state index in [9.17, 15) is 0 Å². The Balaban J connectivity index is 1.33. The van der Waals surface area contributed by atoms with E-state index in [1.165, 1.54) is 11.1 Å². The summed E-state index contributed by atoms with van der Waals surface area (Å²) in [5.41, 5.74) is 3.43. The molecule has 4 aromatic rings. The highest BCUT2D eigenvalue weighted by Gasteiger charge is 2.30. The van der Waals surface area contributed by atoms with Gasteiger partial charge in [-0.05, 0) is 33.7 Å². The topological polar surface area (TPSA) is 50.1 Å². The van der Waals surface area contributed by atoms with Gasteiger partial charge in [0, 0.05) is 32.7 Å². The van der Waals surface area contributed by atoms with Crippen molar-refractivity contribution in [2.75, 3.05) is 32.7 Å². The van der Waals surface area contributed by atoms with Crippen LogP contribution in [-0.2, 0) is 0 Å². The van der Waals surface area contributed by atoms with E-state index in [-0.39, 0.29) is 6.04 Å². The lowest BCUT2D eigenvalue weighted by Crippen LogP contribution is -2.48. The minimum absolute atomic E-state index is 0.00316. The lowest BCUT2D eigenvalue weighted by atomic mass is 10.0. The van der Waals surface area contributed by atoms with E-state index in [2.05, 4.69) is 92.1 Å². The van der Waals surface area contributed by atoms with Gasteiger partial charge in [0.2, 0.25) is 0 Å². The van der Waals surface area contributed by atoms with Crippen LogP contribution in [0, 0.1) is 0 Å². The van der Waals surface area contributed by atoms with Crippen molar-refractivity contribution in [3.05, 3.63) is 114 Å². The molecule has 0 radical (unpaired) electrons. The van der Waals surface area contributed by atoms with Crippen molar-refractivity contribution in [1.82, 2.24) is 30.0 Å². The van der Waals surface area contributed by atoms with Crippen LogP contribution in [0.15, 0.2) is 97.1 Å².